The van der Waals surface area contributed by atoms with Crippen LogP contribution >= 0.6 is 15.9 Å². The van der Waals surface area contributed by atoms with Crippen molar-refractivity contribution in [2.24, 2.45) is 0 Å². The summed E-state index contributed by atoms with van der Waals surface area (Å²) in [6.07, 6.45) is 8.11. The highest BCUT2D eigenvalue weighted by molar-refractivity contribution is 9.10. The van der Waals surface area contributed by atoms with E-state index in [1.54, 1.807) is 18.6 Å². The molecule has 2 heterocycles. The lowest BCUT2D eigenvalue weighted by atomic mass is 10.1. The van der Waals surface area contributed by atoms with Crippen LogP contribution in [0, 0.1) is 0 Å². The van der Waals surface area contributed by atoms with E-state index in [-0.39, 0.29) is 6.04 Å². The fraction of sp³-hybridized carbons (Fsp3) is 0.500. The molecular weight excluding hydrogens is 318 g/mol. The zero-order chi connectivity index (χ0) is 14.5. The average Bonchev–Trinajstić information content (AvgIpc) is 2.83. The zero-order valence-corrected chi connectivity index (χ0v) is 13.6. The Bertz CT molecular complexity index is 538. The summed E-state index contributed by atoms with van der Waals surface area (Å²) >= 11 is 3.60. The third-order valence-electron chi connectivity index (χ3n) is 3.03. The van der Waals surface area contributed by atoms with Gasteiger partial charge in [-0.2, -0.15) is 5.10 Å². The Morgan fingerprint density at radius 2 is 2.10 bits per heavy atom. The normalized spacial score (nSPS) is 12.8. The summed E-state index contributed by atoms with van der Waals surface area (Å²) in [6.45, 7) is 7.31. The van der Waals surface area contributed by atoms with E-state index < -0.39 is 0 Å². The van der Waals surface area contributed by atoms with Crippen molar-refractivity contribution in [1.82, 2.24) is 25.1 Å². The number of hydrogen-bond donors (Lipinski definition) is 1. The van der Waals surface area contributed by atoms with Gasteiger partial charge in [0.05, 0.1) is 34.3 Å². The van der Waals surface area contributed by atoms with Gasteiger partial charge in [0.15, 0.2) is 0 Å². The third kappa shape index (κ3) is 3.24. The number of nitrogens with one attached hydrogen (secondary N) is 1. The molecule has 0 aliphatic heterocycles. The Morgan fingerprint density at radius 3 is 2.70 bits per heavy atom. The Morgan fingerprint density at radius 1 is 1.30 bits per heavy atom. The second kappa shape index (κ2) is 6.95. The molecule has 6 heteroatoms. The summed E-state index contributed by atoms with van der Waals surface area (Å²) < 4.78 is 3.01. The average molecular weight is 338 g/mol. The van der Waals surface area contributed by atoms with Crippen molar-refractivity contribution < 1.29 is 0 Å². The topological polar surface area (TPSA) is 55.6 Å². The minimum Gasteiger partial charge on any atom is -0.304 e. The van der Waals surface area contributed by atoms with Crippen molar-refractivity contribution in [3.63, 3.8) is 0 Å². The van der Waals surface area contributed by atoms with E-state index in [2.05, 4.69) is 57.1 Å². The Kier molecular flexibility index (Phi) is 5.25. The summed E-state index contributed by atoms with van der Waals surface area (Å²) in [4.78, 5) is 8.62. The Hall–Kier alpha value is -1.27. The summed E-state index contributed by atoms with van der Waals surface area (Å²) in [6, 6.07) is 0.279. The van der Waals surface area contributed by atoms with Crippen LogP contribution < -0.4 is 5.32 Å². The van der Waals surface area contributed by atoms with E-state index in [9.17, 15) is 0 Å². The summed E-state index contributed by atoms with van der Waals surface area (Å²) in [7, 11) is 0. The van der Waals surface area contributed by atoms with Crippen LogP contribution in [0.4, 0.5) is 0 Å². The highest BCUT2D eigenvalue weighted by atomic mass is 79.9. The molecule has 0 aliphatic carbocycles. The first-order valence-corrected chi connectivity index (χ1v) is 7.66. The molecule has 1 N–H and O–H groups in total. The molecule has 20 heavy (non-hydrogen) atoms. The van der Waals surface area contributed by atoms with Crippen LogP contribution in [0.3, 0.4) is 0 Å². The maximum Gasteiger partial charge on any atom is 0.0949 e. The zero-order valence-electron chi connectivity index (χ0n) is 12.0. The quantitative estimate of drug-likeness (QED) is 0.879. The third-order valence-corrected chi connectivity index (χ3v) is 3.64. The van der Waals surface area contributed by atoms with Gasteiger partial charge in [0.1, 0.15) is 0 Å². The lowest BCUT2D eigenvalue weighted by Crippen LogP contribution is -2.27. The van der Waals surface area contributed by atoms with E-state index in [1.807, 2.05) is 10.9 Å². The van der Waals surface area contributed by atoms with Crippen molar-refractivity contribution in [3.8, 4) is 0 Å². The maximum absolute atomic E-state index is 4.45. The molecule has 2 rings (SSSR count). The van der Waals surface area contributed by atoms with Gasteiger partial charge in [-0.25, -0.2) is 0 Å². The smallest absolute Gasteiger partial charge is 0.0949 e. The molecule has 0 fully saturated rings. The van der Waals surface area contributed by atoms with Gasteiger partial charge >= 0.3 is 0 Å². The first kappa shape index (κ1) is 15.1. The fourth-order valence-corrected chi connectivity index (χ4v) is 2.62. The van der Waals surface area contributed by atoms with E-state index in [0.29, 0.717) is 6.04 Å². The second-order valence-electron chi connectivity index (χ2n) is 4.93. The van der Waals surface area contributed by atoms with Gasteiger partial charge in [-0.1, -0.05) is 6.92 Å². The molecule has 108 valence electrons. The first-order chi connectivity index (χ1) is 9.65. The van der Waals surface area contributed by atoms with Crippen LogP contribution in [-0.2, 0) is 0 Å². The van der Waals surface area contributed by atoms with Crippen molar-refractivity contribution in [3.05, 3.63) is 40.6 Å². The van der Waals surface area contributed by atoms with Crippen molar-refractivity contribution in [1.29, 1.82) is 0 Å². The van der Waals surface area contributed by atoms with Gasteiger partial charge in [0.2, 0.25) is 0 Å². The minimum atomic E-state index is -0.0112. The molecule has 0 aromatic carbocycles. The molecule has 0 radical (unpaired) electrons. The molecule has 0 spiro atoms. The van der Waals surface area contributed by atoms with Crippen LogP contribution in [0.2, 0.25) is 0 Å². The van der Waals surface area contributed by atoms with Crippen LogP contribution in [0.5, 0.6) is 0 Å². The number of nitrogens with zero attached hydrogens (tertiary/aromatic N) is 4. The van der Waals surface area contributed by atoms with Gasteiger partial charge in [-0.3, -0.25) is 14.6 Å². The molecule has 0 aliphatic rings. The molecule has 0 amide bonds. The summed E-state index contributed by atoms with van der Waals surface area (Å²) in [5, 5.41) is 7.98. The molecule has 2 aromatic heterocycles. The van der Waals surface area contributed by atoms with E-state index in [4.69, 9.17) is 0 Å². The van der Waals surface area contributed by atoms with Crippen molar-refractivity contribution >= 4 is 15.9 Å². The number of halogens is 1. The van der Waals surface area contributed by atoms with E-state index >= 15 is 0 Å². The van der Waals surface area contributed by atoms with Gasteiger partial charge in [0, 0.05) is 18.4 Å². The Balaban J connectivity index is 2.44. The number of aromatic nitrogens is 4. The minimum absolute atomic E-state index is 0.0112. The molecule has 0 saturated carbocycles. The highest BCUT2D eigenvalue weighted by Crippen LogP contribution is 2.29. The maximum atomic E-state index is 4.45. The molecule has 5 nitrogen and oxygen atoms in total. The summed E-state index contributed by atoms with van der Waals surface area (Å²) in [5.41, 5.74) is 2.00. The lowest BCUT2D eigenvalue weighted by molar-refractivity contribution is 0.466. The van der Waals surface area contributed by atoms with Crippen molar-refractivity contribution in [2.75, 3.05) is 6.54 Å². The van der Waals surface area contributed by atoms with Crippen molar-refractivity contribution in [2.45, 2.75) is 39.3 Å². The summed E-state index contributed by atoms with van der Waals surface area (Å²) in [5.74, 6) is 0. The van der Waals surface area contributed by atoms with E-state index in [0.717, 1.165) is 28.8 Å². The van der Waals surface area contributed by atoms with Crippen LogP contribution in [0.15, 0.2) is 29.3 Å². The van der Waals surface area contributed by atoms with Gasteiger partial charge < -0.3 is 5.32 Å². The van der Waals surface area contributed by atoms with E-state index in [1.165, 1.54) is 0 Å². The van der Waals surface area contributed by atoms with Crippen LogP contribution in [0.25, 0.3) is 0 Å². The number of rotatable bonds is 6. The monoisotopic (exact) mass is 337 g/mol. The van der Waals surface area contributed by atoms with Gasteiger partial charge in [-0.15, -0.1) is 0 Å². The highest BCUT2D eigenvalue weighted by Gasteiger charge is 2.23. The fourth-order valence-electron chi connectivity index (χ4n) is 2.12. The lowest BCUT2D eigenvalue weighted by Gasteiger charge is -2.21. The predicted molar refractivity (Wildman–Crippen MR) is 82.5 cm³/mol. The molecular formula is C14H20BrN5. The molecule has 0 saturated heterocycles. The molecule has 0 bridgehead atoms. The van der Waals surface area contributed by atoms with Gasteiger partial charge in [-0.05, 0) is 42.7 Å². The Labute approximate surface area is 128 Å². The molecule has 2 aromatic rings. The first-order valence-electron chi connectivity index (χ1n) is 6.87. The molecule has 1 atom stereocenters. The molecule has 1 unspecified atom stereocenters. The van der Waals surface area contributed by atoms with Crippen LogP contribution in [0.1, 0.15) is 50.7 Å². The standard InChI is InChI=1S/C14H20BrN5/c1-4-5-18-13(12-9-16-6-7-17-12)14-11(15)8-19-20(14)10(2)3/h6-10,13,18H,4-5H2,1-3H3. The number of hydrogen-bond acceptors (Lipinski definition) is 4. The predicted octanol–water partition coefficient (Wildman–Crippen LogP) is 3.11. The largest absolute Gasteiger partial charge is 0.304 e. The van der Waals surface area contributed by atoms with Crippen LogP contribution in [-0.4, -0.2) is 26.3 Å². The SMILES string of the molecule is CCCNC(c1cnccn1)c1c(Br)cnn1C(C)C. The van der Waals surface area contributed by atoms with Gasteiger partial charge in [0.25, 0.3) is 0 Å². The second-order valence-corrected chi connectivity index (χ2v) is 5.79.